The summed E-state index contributed by atoms with van der Waals surface area (Å²) >= 11 is 0. The van der Waals surface area contributed by atoms with Crippen LogP contribution in [0.1, 0.15) is 69.1 Å². The minimum atomic E-state index is -0.930. The Morgan fingerprint density at radius 2 is 2.00 bits per heavy atom. The fourth-order valence-corrected chi connectivity index (χ4v) is 2.72. The van der Waals surface area contributed by atoms with Gasteiger partial charge in [-0.1, -0.05) is 27.7 Å². The van der Waals surface area contributed by atoms with Crippen LogP contribution in [0.4, 0.5) is 0 Å². The molecule has 8 nitrogen and oxygen atoms in total. The molecular formula is C20H28N4O4. The summed E-state index contributed by atoms with van der Waals surface area (Å²) in [6.45, 7) is 9.36. The Morgan fingerprint density at radius 1 is 1.32 bits per heavy atom. The lowest BCUT2D eigenvalue weighted by Gasteiger charge is -2.21. The molecule has 0 saturated carbocycles. The van der Waals surface area contributed by atoms with Gasteiger partial charge >= 0.3 is 5.97 Å². The van der Waals surface area contributed by atoms with E-state index in [1.807, 2.05) is 27.7 Å². The summed E-state index contributed by atoms with van der Waals surface area (Å²) in [5.41, 5.74) is 0.397. The van der Waals surface area contributed by atoms with E-state index in [9.17, 15) is 14.4 Å². The van der Waals surface area contributed by atoms with Crippen LogP contribution in [-0.2, 0) is 20.8 Å². The first kappa shape index (κ1) is 21.5. The maximum Gasteiger partial charge on any atom is 0.332 e. The predicted octanol–water partition coefficient (Wildman–Crippen LogP) is 2.27. The van der Waals surface area contributed by atoms with E-state index in [0.29, 0.717) is 12.8 Å². The van der Waals surface area contributed by atoms with Crippen LogP contribution in [0.5, 0.6) is 0 Å². The largest absolute Gasteiger partial charge is 0.338 e. The highest BCUT2D eigenvalue weighted by Gasteiger charge is 2.43. The second-order valence-corrected chi connectivity index (χ2v) is 7.33. The van der Waals surface area contributed by atoms with Crippen molar-refractivity contribution in [2.24, 2.45) is 10.9 Å². The van der Waals surface area contributed by atoms with Gasteiger partial charge in [-0.05, 0) is 37.3 Å². The molecule has 1 aromatic heterocycles. The van der Waals surface area contributed by atoms with E-state index in [-0.39, 0.29) is 35.3 Å². The topological polar surface area (TPSA) is 101 Å². The summed E-state index contributed by atoms with van der Waals surface area (Å²) in [6.07, 6.45) is 3.16. The molecule has 8 heteroatoms. The van der Waals surface area contributed by atoms with Gasteiger partial charge in [0.15, 0.2) is 5.84 Å². The molecule has 28 heavy (non-hydrogen) atoms. The number of aryl methyl sites for hydroxylation is 1. The molecule has 0 spiro atoms. The minimum Gasteiger partial charge on any atom is -0.338 e. The zero-order valence-corrected chi connectivity index (χ0v) is 17.3. The van der Waals surface area contributed by atoms with Gasteiger partial charge in [0.1, 0.15) is 11.2 Å². The summed E-state index contributed by atoms with van der Waals surface area (Å²) < 4.78 is 0. The van der Waals surface area contributed by atoms with E-state index >= 15 is 0 Å². The van der Waals surface area contributed by atoms with Crippen LogP contribution in [-0.4, -0.2) is 46.3 Å². The number of nitrogens with zero attached hydrogens (tertiary/aromatic N) is 3. The average Bonchev–Trinajstić information content (AvgIpc) is 2.96. The first-order chi connectivity index (χ1) is 13.1. The van der Waals surface area contributed by atoms with Crippen LogP contribution in [0, 0.1) is 5.92 Å². The van der Waals surface area contributed by atoms with Crippen molar-refractivity contribution in [3.05, 3.63) is 29.1 Å². The lowest BCUT2D eigenvalue weighted by atomic mass is 9.89. The van der Waals surface area contributed by atoms with Crippen molar-refractivity contribution in [3.63, 3.8) is 0 Å². The Bertz CT molecular complexity index is 818. The summed E-state index contributed by atoms with van der Waals surface area (Å²) in [6, 6.07) is 1.69. The van der Waals surface area contributed by atoms with Gasteiger partial charge in [0.25, 0.3) is 11.8 Å². The molecule has 1 unspecified atom stereocenters. The third kappa shape index (κ3) is 4.21. The van der Waals surface area contributed by atoms with Crippen LogP contribution >= 0.6 is 0 Å². The number of hydrogen-bond donors (Lipinski definition) is 1. The number of aliphatic imine (C=N–C) groups is 1. The molecule has 2 rings (SSSR count). The van der Waals surface area contributed by atoms with Crippen molar-refractivity contribution in [3.8, 4) is 0 Å². The summed E-state index contributed by atoms with van der Waals surface area (Å²) in [4.78, 5) is 51.1. The molecule has 0 bridgehead atoms. The Hall–Kier alpha value is -2.77. The minimum absolute atomic E-state index is 0.0308. The fourth-order valence-electron chi connectivity index (χ4n) is 2.72. The van der Waals surface area contributed by atoms with Gasteiger partial charge < -0.3 is 10.2 Å². The normalized spacial score (nSPS) is 18.7. The molecule has 152 valence electrons. The van der Waals surface area contributed by atoms with Gasteiger partial charge in [-0.25, -0.2) is 9.79 Å². The number of nitrogens with one attached hydrogen (secondary N) is 1. The van der Waals surface area contributed by atoms with E-state index in [1.165, 1.54) is 7.05 Å². The van der Waals surface area contributed by atoms with Crippen LogP contribution < -0.4 is 5.32 Å². The molecule has 0 fully saturated rings. The lowest BCUT2D eigenvalue weighted by molar-refractivity contribution is -0.173. The molecule has 1 aromatic rings. The molecule has 1 aliphatic heterocycles. The van der Waals surface area contributed by atoms with Crippen molar-refractivity contribution < 1.29 is 19.2 Å². The number of hydrogen-bond acceptors (Lipinski definition) is 6. The van der Waals surface area contributed by atoms with E-state index in [0.717, 1.165) is 10.6 Å². The number of amides is 2. The van der Waals surface area contributed by atoms with Crippen LogP contribution in [0.25, 0.3) is 0 Å². The molecule has 1 aliphatic rings. The van der Waals surface area contributed by atoms with Crippen LogP contribution in [0.15, 0.2) is 17.3 Å². The summed E-state index contributed by atoms with van der Waals surface area (Å²) in [5, 5.41) is 3.64. The molecule has 0 saturated heterocycles. The van der Waals surface area contributed by atoms with Gasteiger partial charge in [0, 0.05) is 19.7 Å². The molecule has 1 N–H and O–H groups in total. The third-order valence-electron chi connectivity index (χ3n) is 4.95. The fraction of sp³-hybridized carbons (Fsp3) is 0.550. The van der Waals surface area contributed by atoms with Crippen molar-refractivity contribution >= 4 is 23.6 Å². The van der Waals surface area contributed by atoms with Gasteiger partial charge in [0.2, 0.25) is 0 Å². The van der Waals surface area contributed by atoms with Crippen molar-refractivity contribution in [2.75, 3.05) is 7.05 Å². The highest BCUT2D eigenvalue weighted by atomic mass is 16.7. The zero-order chi connectivity index (χ0) is 21.1. The lowest BCUT2D eigenvalue weighted by Crippen LogP contribution is -2.41. The standard InChI is InChI=1S/C20H28N4O4/c1-7-9-15(25)28-24(6)18(26)14-10-13(8-2)11-21-16(14)17-22-19(27)20(5,23-17)12(3)4/h10-12H,7-9H2,1-6H3,(H,22,23,27). The Balaban J connectivity index is 2.44. The first-order valence-electron chi connectivity index (χ1n) is 9.53. The van der Waals surface area contributed by atoms with E-state index in [1.54, 1.807) is 19.2 Å². The summed E-state index contributed by atoms with van der Waals surface area (Å²) in [7, 11) is 1.38. The second-order valence-electron chi connectivity index (χ2n) is 7.33. The number of rotatable bonds is 6. The summed E-state index contributed by atoms with van der Waals surface area (Å²) in [5.74, 6) is -1.03. The smallest absolute Gasteiger partial charge is 0.332 e. The number of carbonyl (C=O) groups is 3. The van der Waals surface area contributed by atoms with Crippen molar-refractivity contribution in [1.29, 1.82) is 0 Å². The van der Waals surface area contributed by atoms with Gasteiger partial charge in [-0.3, -0.25) is 14.6 Å². The molecule has 0 aliphatic carbocycles. The molecule has 2 amide bonds. The number of pyridine rings is 1. The SMILES string of the molecule is CCCC(=O)ON(C)C(=O)c1cc(CC)cnc1C1=NC(C)(C(C)C)C(=O)N1. The van der Waals surface area contributed by atoms with E-state index in [2.05, 4.69) is 15.3 Å². The van der Waals surface area contributed by atoms with Crippen molar-refractivity contribution in [1.82, 2.24) is 15.4 Å². The maximum atomic E-state index is 12.9. The third-order valence-corrected chi connectivity index (χ3v) is 4.95. The highest BCUT2D eigenvalue weighted by Crippen LogP contribution is 2.27. The van der Waals surface area contributed by atoms with E-state index in [4.69, 9.17) is 4.84 Å². The monoisotopic (exact) mass is 388 g/mol. The first-order valence-corrected chi connectivity index (χ1v) is 9.53. The number of aromatic nitrogens is 1. The molecule has 1 atom stereocenters. The van der Waals surface area contributed by atoms with Gasteiger partial charge in [0.05, 0.1) is 5.56 Å². The van der Waals surface area contributed by atoms with Gasteiger partial charge in [-0.2, -0.15) is 5.06 Å². The second kappa shape index (κ2) is 8.50. The van der Waals surface area contributed by atoms with Crippen molar-refractivity contribution in [2.45, 2.75) is 59.4 Å². The molecule has 0 radical (unpaired) electrons. The number of carbonyl (C=O) groups excluding carboxylic acids is 3. The Morgan fingerprint density at radius 3 is 2.54 bits per heavy atom. The predicted molar refractivity (Wildman–Crippen MR) is 105 cm³/mol. The highest BCUT2D eigenvalue weighted by molar-refractivity contribution is 6.18. The number of amidine groups is 1. The molecular weight excluding hydrogens is 360 g/mol. The number of hydroxylamine groups is 2. The zero-order valence-electron chi connectivity index (χ0n) is 17.3. The van der Waals surface area contributed by atoms with E-state index < -0.39 is 17.4 Å². The molecule has 2 heterocycles. The van der Waals surface area contributed by atoms with Gasteiger partial charge in [-0.15, -0.1) is 0 Å². The van der Waals surface area contributed by atoms with Crippen LogP contribution in [0.3, 0.4) is 0 Å². The Labute approximate surface area is 165 Å². The maximum absolute atomic E-state index is 12.9. The quantitative estimate of drug-likeness (QED) is 0.754. The Kier molecular flexibility index (Phi) is 6.53. The molecule has 0 aromatic carbocycles. The van der Waals surface area contributed by atoms with Crippen LogP contribution in [0.2, 0.25) is 0 Å². The average molecular weight is 388 g/mol.